The Morgan fingerprint density at radius 3 is 2.86 bits per heavy atom. The number of nitrogens with zero attached hydrogens (tertiary/aromatic N) is 3. The van der Waals surface area contributed by atoms with E-state index in [1.54, 1.807) is 19.2 Å². The van der Waals surface area contributed by atoms with Crippen LogP contribution >= 0.6 is 9.24 Å². The monoisotopic (exact) mass is 516 g/mol. The first-order chi connectivity index (χ1) is 16.9. The van der Waals surface area contributed by atoms with E-state index in [0.717, 1.165) is 54.4 Å². The molecule has 1 fully saturated rings. The highest BCUT2D eigenvalue weighted by molar-refractivity contribution is 7.89. The Hall–Kier alpha value is -2.52. The van der Waals surface area contributed by atoms with Gasteiger partial charge in [0.15, 0.2) is 11.5 Å². The average Bonchev–Trinajstić information content (AvgIpc) is 3.34. The number of aromatic nitrogens is 2. The molecule has 2 unspecified atom stereocenters. The maximum Gasteiger partial charge on any atom is 0.240 e. The van der Waals surface area contributed by atoms with Crippen LogP contribution in [-0.4, -0.2) is 69.8 Å². The van der Waals surface area contributed by atoms with E-state index >= 15 is 0 Å². The first kappa shape index (κ1) is 24.2. The molecule has 0 spiro atoms. The minimum absolute atomic E-state index is 0.192. The van der Waals surface area contributed by atoms with Gasteiger partial charge < -0.3 is 19.1 Å². The maximum absolute atomic E-state index is 12.8. The molecule has 0 saturated carbocycles. The lowest BCUT2D eigenvalue weighted by molar-refractivity contribution is 0.171. The van der Waals surface area contributed by atoms with Gasteiger partial charge >= 0.3 is 0 Å². The van der Waals surface area contributed by atoms with E-state index in [9.17, 15) is 8.42 Å². The number of methoxy groups -OCH3 is 1. The summed E-state index contributed by atoms with van der Waals surface area (Å²) in [7, 11) is 0.738. The van der Waals surface area contributed by atoms with Crippen LogP contribution in [0.25, 0.3) is 11.0 Å². The van der Waals surface area contributed by atoms with E-state index in [0.29, 0.717) is 37.1 Å². The Bertz CT molecular complexity index is 1340. The molecule has 4 heterocycles. The molecule has 0 aliphatic carbocycles. The van der Waals surface area contributed by atoms with Gasteiger partial charge in [0.05, 0.1) is 23.0 Å². The Kier molecular flexibility index (Phi) is 7.07. The van der Waals surface area contributed by atoms with E-state index in [2.05, 4.69) is 28.8 Å². The summed E-state index contributed by atoms with van der Waals surface area (Å²) < 4.78 is 44.7. The van der Waals surface area contributed by atoms with Crippen molar-refractivity contribution in [2.24, 2.45) is 5.92 Å². The molecule has 35 heavy (non-hydrogen) atoms. The SMILES string of the molecule is COc1ccc2ncc(P)c(CCN3CCC(CNS(=O)(=O)c4ccc5c(c4)OCCO5)C3)c2n1. The van der Waals surface area contributed by atoms with Crippen LogP contribution in [0, 0.1) is 5.92 Å². The second-order valence-corrected chi connectivity index (χ2v) is 11.2. The van der Waals surface area contributed by atoms with Crippen molar-refractivity contribution in [2.45, 2.75) is 17.7 Å². The third kappa shape index (κ3) is 5.35. The zero-order valence-corrected chi connectivity index (χ0v) is 21.5. The summed E-state index contributed by atoms with van der Waals surface area (Å²) in [5.41, 5.74) is 2.85. The first-order valence-electron chi connectivity index (χ1n) is 11.6. The number of sulfonamides is 1. The summed E-state index contributed by atoms with van der Waals surface area (Å²) in [6, 6.07) is 8.47. The number of nitrogens with one attached hydrogen (secondary N) is 1. The number of pyridine rings is 2. The summed E-state index contributed by atoms with van der Waals surface area (Å²) in [5.74, 6) is 1.87. The Morgan fingerprint density at radius 1 is 1.20 bits per heavy atom. The molecule has 3 aromatic rings. The van der Waals surface area contributed by atoms with Gasteiger partial charge in [0.1, 0.15) is 13.2 Å². The zero-order valence-electron chi connectivity index (χ0n) is 19.6. The minimum atomic E-state index is -3.62. The highest BCUT2D eigenvalue weighted by atomic mass is 32.2. The molecular formula is C24H29N4O5PS. The maximum atomic E-state index is 12.8. The third-order valence-corrected chi connectivity index (χ3v) is 8.39. The Labute approximate surface area is 207 Å². The van der Waals surface area contributed by atoms with Gasteiger partial charge in [-0.05, 0) is 54.4 Å². The molecule has 0 radical (unpaired) electrons. The summed E-state index contributed by atoms with van der Waals surface area (Å²) in [4.78, 5) is 11.7. The smallest absolute Gasteiger partial charge is 0.240 e. The van der Waals surface area contributed by atoms with Crippen molar-refractivity contribution in [1.29, 1.82) is 0 Å². The van der Waals surface area contributed by atoms with Gasteiger partial charge in [-0.1, -0.05) is 0 Å². The summed E-state index contributed by atoms with van der Waals surface area (Å²) in [5, 5.41) is 1.03. The van der Waals surface area contributed by atoms with Crippen molar-refractivity contribution in [2.75, 3.05) is 46.5 Å². The van der Waals surface area contributed by atoms with Crippen LogP contribution in [0.3, 0.4) is 0 Å². The number of rotatable bonds is 8. The van der Waals surface area contributed by atoms with Crippen LogP contribution in [-0.2, 0) is 16.4 Å². The van der Waals surface area contributed by atoms with Gasteiger partial charge in [0, 0.05) is 38.0 Å². The quantitative estimate of drug-likeness (QED) is 0.452. The molecular weight excluding hydrogens is 487 g/mol. The molecule has 11 heteroatoms. The van der Waals surface area contributed by atoms with Crippen molar-refractivity contribution in [3.8, 4) is 17.4 Å². The Morgan fingerprint density at radius 2 is 2.03 bits per heavy atom. The molecule has 2 aliphatic rings. The van der Waals surface area contributed by atoms with E-state index in [4.69, 9.17) is 14.2 Å². The number of hydrogen-bond donors (Lipinski definition) is 1. The van der Waals surface area contributed by atoms with Crippen LogP contribution in [0.2, 0.25) is 0 Å². The Balaban J connectivity index is 1.18. The molecule has 2 atom stereocenters. The van der Waals surface area contributed by atoms with Crippen molar-refractivity contribution in [3.63, 3.8) is 0 Å². The highest BCUT2D eigenvalue weighted by Gasteiger charge is 2.26. The molecule has 0 bridgehead atoms. The minimum Gasteiger partial charge on any atom is -0.486 e. The van der Waals surface area contributed by atoms with Crippen molar-refractivity contribution in [1.82, 2.24) is 19.6 Å². The van der Waals surface area contributed by atoms with Gasteiger partial charge in [0.25, 0.3) is 0 Å². The number of hydrogen-bond acceptors (Lipinski definition) is 8. The van der Waals surface area contributed by atoms with Crippen LogP contribution < -0.4 is 24.2 Å². The molecule has 1 saturated heterocycles. The standard InChI is InChI=1S/C24H29N4O5PS/c1-31-23-5-3-19-24(27-23)18(22(34)14-25-19)7-9-28-8-6-16(15-28)13-26-35(29,30)17-2-4-20-21(12-17)33-11-10-32-20/h2-5,12,14,16,26H,6-11,13,15,34H2,1H3. The van der Waals surface area contributed by atoms with Crippen LogP contribution in [0.5, 0.6) is 17.4 Å². The van der Waals surface area contributed by atoms with E-state index in [-0.39, 0.29) is 10.8 Å². The molecule has 1 N–H and O–H groups in total. The number of likely N-dealkylation sites (tertiary alicyclic amines) is 1. The summed E-state index contributed by atoms with van der Waals surface area (Å²) >= 11 is 0. The highest BCUT2D eigenvalue weighted by Crippen LogP contribution is 2.32. The molecule has 2 aliphatic heterocycles. The van der Waals surface area contributed by atoms with E-state index in [1.165, 1.54) is 6.07 Å². The van der Waals surface area contributed by atoms with Gasteiger partial charge in [-0.2, -0.15) is 0 Å². The fourth-order valence-electron chi connectivity index (χ4n) is 4.54. The molecule has 2 aromatic heterocycles. The van der Waals surface area contributed by atoms with Gasteiger partial charge in [-0.15, -0.1) is 9.24 Å². The van der Waals surface area contributed by atoms with Crippen LogP contribution in [0.1, 0.15) is 12.0 Å². The fourth-order valence-corrected chi connectivity index (χ4v) is 6.03. The lowest BCUT2D eigenvalue weighted by Gasteiger charge is -2.19. The predicted octanol–water partition coefficient (Wildman–Crippen LogP) is 1.75. The molecule has 1 aromatic carbocycles. The fraction of sp³-hybridized carbons (Fsp3) is 0.417. The van der Waals surface area contributed by atoms with E-state index < -0.39 is 10.0 Å². The lowest BCUT2D eigenvalue weighted by Crippen LogP contribution is -2.31. The van der Waals surface area contributed by atoms with Crippen molar-refractivity contribution < 1.29 is 22.6 Å². The van der Waals surface area contributed by atoms with Gasteiger partial charge in [-0.3, -0.25) is 4.98 Å². The topological polar surface area (TPSA) is 103 Å². The van der Waals surface area contributed by atoms with Crippen molar-refractivity contribution >= 4 is 35.6 Å². The normalized spacial score (nSPS) is 18.2. The van der Waals surface area contributed by atoms with E-state index in [1.807, 2.05) is 18.3 Å². The molecule has 0 amide bonds. The average molecular weight is 517 g/mol. The first-order valence-corrected chi connectivity index (χ1v) is 13.7. The second-order valence-electron chi connectivity index (χ2n) is 8.78. The molecule has 5 rings (SSSR count). The van der Waals surface area contributed by atoms with Gasteiger partial charge in [0.2, 0.25) is 15.9 Å². The molecule has 186 valence electrons. The summed E-state index contributed by atoms with van der Waals surface area (Å²) in [6.07, 6.45) is 3.63. The largest absolute Gasteiger partial charge is 0.486 e. The zero-order chi connectivity index (χ0) is 24.4. The van der Waals surface area contributed by atoms with Crippen LogP contribution in [0.4, 0.5) is 0 Å². The summed E-state index contributed by atoms with van der Waals surface area (Å²) in [6.45, 7) is 3.93. The lowest BCUT2D eigenvalue weighted by atomic mass is 10.1. The molecule has 9 nitrogen and oxygen atoms in total. The number of benzene rings is 1. The number of fused-ring (bicyclic) bond motifs is 2. The van der Waals surface area contributed by atoms with Crippen LogP contribution in [0.15, 0.2) is 41.4 Å². The second kappa shape index (κ2) is 10.2. The van der Waals surface area contributed by atoms with Gasteiger partial charge in [-0.25, -0.2) is 18.1 Å². The predicted molar refractivity (Wildman–Crippen MR) is 136 cm³/mol. The number of ether oxygens (including phenoxy) is 3. The third-order valence-electron chi connectivity index (χ3n) is 6.47. The van der Waals surface area contributed by atoms with Crippen molar-refractivity contribution in [3.05, 3.63) is 42.1 Å².